The maximum atomic E-state index is 5.02. The van der Waals surface area contributed by atoms with Gasteiger partial charge in [-0.25, -0.2) is 0 Å². The molecule has 0 aliphatic carbocycles. The van der Waals surface area contributed by atoms with E-state index in [2.05, 4.69) is 142 Å². The second kappa shape index (κ2) is 10.7. The van der Waals surface area contributed by atoms with Gasteiger partial charge >= 0.3 is 0 Å². The first-order chi connectivity index (χ1) is 20.3. The number of hydrogen-bond donors (Lipinski definition) is 1. The number of benzene rings is 5. The number of nitrogens with zero attached hydrogens (tertiary/aromatic N) is 5. The quantitative estimate of drug-likeness (QED) is 0.246. The minimum absolute atomic E-state index is 0.212. The van der Waals surface area contributed by atoms with Gasteiger partial charge in [-0.2, -0.15) is 5.10 Å². The topological polar surface area (TPSA) is 68.0 Å². The smallest absolute Gasteiger partial charge is 0.204 e. The predicted molar refractivity (Wildman–Crippen MR) is 162 cm³/mol. The molecule has 0 saturated carbocycles. The van der Waals surface area contributed by atoms with E-state index in [9.17, 15) is 0 Å². The van der Waals surface area contributed by atoms with Crippen LogP contribution in [-0.4, -0.2) is 32.5 Å². The van der Waals surface area contributed by atoms with E-state index in [1.807, 2.05) is 24.3 Å². The van der Waals surface area contributed by atoms with E-state index < -0.39 is 5.54 Å². The van der Waals surface area contributed by atoms with Crippen molar-refractivity contribution in [3.8, 4) is 11.4 Å². The molecule has 0 fully saturated rings. The third-order valence-electron chi connectivity index (χ3n) is 7.75. The van der Waals surface area contributed by atoms with Gasteiger partial charge in [0.05, 0.1) is 5.71 Å². The van der Waals surface area contributed by atoms with Crippen molar-refractivity contribution in [3.05, 3.63) is 173 Å². The SMILES string of the molecule is c1ccc(C2CNN=C2c2ccc(-c3nnn(C(c4ccccc4)(c4ccccc4)c4ccccc4)n3)cc2)cc1. The first-order valence-corrected chi connectivity index (χ1v) is 13.8. The van der Waals surface area contributed by atoms with Crippen LogP contribution in [0.3, 0.4) is 0 Å². The molecule has 1 aromatic heterocycles. The van der Waals surface area contributed by atoms with Crippen molar-refractivity contribution in [3.63, 3.8) is 0 Å². The van der Waals surface area contributed by atoms with Crippen molar-refractivity contribution in [2.75, 3.05) is 6.54 Å². The van der Waals surface area contributed by atoms with Crippen LogP contribution in [0.25, 0.3) is 11.4 Å². The summed E-state index contributed by atoms with van der Waals surface area (Å²) in [7, 11) is 0. The van der Waals surface area contributed by atoms with Gasteiger partial charge in [-0.1, -0.05) is 146 Å². The summed E-state index contributed by atoms with van der Waals surface area (Å²) in [5.41, 5.74) is 9.79. The Bertz CT molecular complexity index is 1670. The molecule has 1 aliphatic rings. The van der Waals surface area contributed by atoms with Crippen molar-refractivity contribution < 1.29 is 0 Å². The van der Waals surface area contributed by atoms with Crippen molar-refractivity contribution in [2.45, 2.75) is 11.5 Å². The number of rotatable bonds is 7. The van der Waals surface area contributed by atoms with Crippen LogP contribution in [0.1, 0.15) is 33.7 Å². The molecule has 0 bridgehead atoms. The summed E-state index contributed by atoms with van der Waals surface area (Å²) in [5, 5.41) is 18.9. The Hall–Kier alpha value is -5.36. The summed E-state index contributed by atoms with van der Waals surface area (Å²) in [5.74, 6) is 0.777. The van der Waals surface area contributed by atoms with E-state index >= 15 is 0 Å². The third-order valence-corrected chi connectivity index (χ3v) is 7.75. The molecule has 1 N–H and O–H groups in total. The molecule has 6 heteroatoms. The van der Waals surface area contributed by atoms with Crippen LogP contribution in [0.15, 0.2) is 151 Å². The van der Waals surface area contributed by atoms with Crippen molar-refractivity contribution >= 4 is 5.71 Å². The summed E-state index contributed by atoms with van der Waals surface area (Å²) in [6.45, 7) is 0.789. The van der Waals surface area contributed by atoms with Gasteiger partial charge in [0.25, 0.3) is 0 Å². The lowest BCUT2D eigenvalue weighted by Crippen LogP contribution is -2.39. The minimum atomic E-state index is -0.803. The molecule has 6 nitrogen and oxygen atoms in total. The van der Waals surface area contributed by atoms with Gasteiger partial charge < -0.3 is 5.43 Å². The van der Waals surface area contributed by atoms with E-state index in [-0.39, 0.29) is 5.92 Å². The molecule has 1 atom stereocenters. The lowest BCUT2D eigenvalue weighted by molar-refractivity contribution is 0.396. The van der Waals surface area contributed by atoms with Gasteiger partial charge in [-0.15, -0.1) is 15.0 Å². The van der Waals surface area contributed by atoms with Crippen LogP contribution in [0.5, 0.6) is 0 Å². The van der Waals surface area contributed by atoms with Gasteiger partial charge in [0, 0.05) is 18.0 Å². The molecule has 0 amide bonds. The second-order valence-corrected chi connectivity index (χ2v) is 10.1. The van der Waals surface area contributed by atoms with Crippen LogP contribution >= 0.6 is 0 Å². The normalized spacial score (nSPS) is 14.8. The van der Waals surface area contributed by atoms with Crippen molar-refractivity contribution in [1.82, 2.24) is 25.6 Å². The van der Waals surface area contributed by atoms with Gasteiger partial charge in [-0.3, -0.25) is 0 Å². The number of hydrazone groups is 1. The van der Waals surface area contributed by atoms with Crippen molar-refractivity contribution in [2.24, 2.45) is 5.10 Å². The molecule has 7 rings (SSSR count). The zero-order chi connectivity index (χ0) is 27.5. The van der Waals surface area contributed by atoms with Gasteiger partial charge in [-0.05, 0) is 33.0 Å². The first kappa shape index (κ1) is 24.7. The molecule has 0 spiro atoms. The van der Waals surface area contributed by atoms with Crippen LogP contribution in [0.4, 0.5) is 0 Å². The number of nitrogens with one attached hydrogen (secondary N) is 1. The Morgan fingerprint density at radius 2 is 1.07 bits per heavy atom. The molecule has 1 aliphatic heterocycles. The number of aromatic nitrogens is 4. The largest absolute Gasteiger partial charge is 0.309 e. The fourth-order valence-corrected chi connectivity index (χ4v) is 5.77. The molecule has 6 aromatic rings. The third kappa shape index (κ3) is 4.39. The van der Waals surface area contributed by atoms with Crippen LogP contribution in [0, 0.1) is 0 Å². The average molecular weight is 533 g/mol. The highest BCUT2D eigenvalue weighted by Gasteiger charge is 2.41. The van der Waals surface area contributed by atoms with Gasteiger partial charge in [0.2, 0.25) is 5.82 Å². The fourth-order valence-electron chi connectivity index (χ4n) is 5.77. The summed E-state index contributed by atoms with van der Waals surface area (Å²) in [6, 6.07) is 49.9. The Morgan fingerprint density at radius 1 is 0.585 bits per heavy atom. The average Bonchev–Trinajstić information content (AvgIpc) is 3.75. The molecule has 198 valence electrons. The highest BCUT2D eigenvalue weighted by Crippen LogP contribution is 2.40. The number of tetrazole rings is 1. The molecule has 0 radical (unpaired) electrons. The van der Waals surface area contributed by atoms with Crippen LogP contribution in [0.2, 0.25) is 0 Å². The van der Waals surface area contributed by atoms with E-state index in [1.165, 1.54) is 5.56 Å². The predicted octanol–water partition coefficient (Wildman–Crippen LogP) is 6.27. The fraction of sp³-hybridized carbons (Fsp3) is 0.0857. The Balaban J connectivity index is 1.30. The lowest BCUT2D eigenvalue weighted by atomic mass is 9.77. The second-order valence-electron chi connectivity index (χ2n) is 10.1. The Labute approximate surface area is 239 Å². The highest BCUT2D eigenvalue weighted by atomic mass is 15.6. The standard InChI is InChI=1S/C35H28N6/c1-5-13-26(14-6-1)32-25-36-37-33(32)27-21-23-28(24-22-27)34-38-40-41(39-34)35(29-15-7-2-8-16-29,30-17-9-3-10-18-30)31-19-11-4-12-20-31/h1-24,32,36H,25H2. The Morgan fingerprint density at radius 3 is 1.61 bits per heavy atom. The molecule has 1 unspecified atom stereocenters. The zero-order valence-electron chi connectivity index (χ0n) is 22.4. The molecule has 2 heterocycles. The maximum Gasteiger partial charge on any atom is 0.204 e. The molecule has 0 saturated heterocycles. The molecular formula is C35H28N6. The van der Waals surface area contributed by atoms with Gasteiger partial charge in [0.1, 0.15) is 0 Å². The number of hydrogen-bond acceptors (Lipinski definition) is 5. The summed E-state index contributed by atoms with van der Waals surface area (Å²) >= 11 is 0. The van der Waals surface area contributed by atoms with E-state index in [4.69, 9.17) is 5.10 Å². The summed E-state index contributed by atoms with van der Waals surface area (Å²) < 4.78 is 0. The highest BCUT2D eigenvalue weighted by molar-refractivity contribution is 6.06. The van der Waals surface area contributed by atoms with Crippen LogP contribution in [-0.2, 0) is 5.54 Å². The van der Waals surface area contributed by atoms with Gasteiger partial charge in [0.15, 0.2) is 5.54 Å². The zero-order valence-corrected chi connectivity index (χ0v) is 22.4. The lowest BCUT2D eigenvalue weighted by Gasteiger charge is -2.34. The molecule has 41 heavy (non-hydrogen) atoms. The first-order valence-electron chi connectivity index (χ1n) is 13.8. The monoisotopic (exact) mass is 532 g/mol. The minimum Gasteiger partial charge on any atom is -0.309 e. The van der Waals surface area contributed by atoms with Crippen molar-refractivity contribution in [1.29, 1.82) is 0 Å². The maximum absolute atomic E-state index is 5.02. The summed E-state index contributed by atoms with van der Waals surface area (Å²) in [6.07, 6.45) is 0. The van der Waals surface area contributed by atoms with E-state index in [1.54, 1.807) is 4.80 Å². The van der Waals surface area contributed by atoms with Crippen LogP contribution < -0.4 is 5.43 Å². The van der Waals surface area contributed by atoms with E-state index in [0.717, 1.165) is 40.1 Å². The molecule has 5 aromatic carbocycles. The van der Waals surface area contributed by atoms with E-state index in [0.29, 0.717) is 5.82 Å². The Kier molecular flexibility index (Phi) is 6.41. The summed E-state index contributed by atoms with van der Waals surface area (Å²) in [4.78, 5) is 1.76. The molecular weight excluding hydrogens is 504 g/mol.